The van der Waals surface area contributed by atoms with Gasteiger partial charge in [0.1, 0.15) is 0 Å². The zero-order chi connectivity index (χ0) is 12.8. The topological polar surface area (TPSA) is 88.5 Å². The third-order valence-corrected chi connectivity index (χ3v) is 2.07. The van der Waals surface area contributed by atoms with Gasteiger partial charge in [0.2, 0.25) is 11.8 Å². The number of fused-ring (bicyclic) bond motifs is 1. The number of anilines is 1. The van der Waals surface area contributed by atoms with Gasteiger partial charge in [-0.2, -0.15) is 0 Å². The number of carboxylic acid groups (broad SMARTS) is 1. The van der Waals surface area contributed by atoms with Crippen molar-refractivity contribution in [2.75, 3.05) is 12.4 Å². The fraction of sp³-hybridized carbons (Fsp3) is 0.364. The number of aromatic nitrogens is 1. The maximum Gasteiger partial charge on any atom is 0.300 e. The highest BCUT2D eigenvalue weighted by Crippen LogP contribution is 2.24. The maximum absolute atomic E-state index is 11.1. The van der Waals surface area contributed by atoms with Crippen LogP contribution in [0.25, 0.3) is 0 Å². The molecule has 1 aromatic rings. The lowest BCUT2D eigenvalue weighted by Crippen LogP contribution is -2.19. The number of ether oxygens (including phenoxy) is 1. The summed E-state index contributed by atoms with van der Waals surface area (Å²) in [6.45, 7) is 1.08. The van der Waals surface area contributed by atoms with E-state index in [4.69, 9.17) is 14.6 Å². The Morgan fingerprint density at radius 1 is 1.53 bits per heavy atom. The molecule has 2 rings (SSSR count). The summed E-state index contributed by atoms with van der Waals surface area (Å²) in [7, 11) is 1.55. The Morgan fingerprint density at radius 3 is 2.76 bits per heavy atom. The van der Waals surface area contributed by atoms with Crippen molar-refractivity contribution < 1.29 is 19.4 Å². The van der Waals surface area contributed by atoms with E-state index in [0.29, 0.717) is 12.3 Å². The van der Waals surface area contributed by atoms with E-state index in [2.05, 4.69) is 10.3 Å². The zero-order valence-corrected chi connectivity index (χ0v) is 9.69. The number of pyridine rings is 1. The van der Waals surface area contributed by atoms with Crippen molar-refractivity contribution in [2.45, 2.75) is 19.8 Å². The van der Waals surface area contributed by atoms with E-state index in [9.17, 15) is 4.79 Å². The molecule has 0 unspecified atom stereocenters. The Kier molecular flexibility index (Phi) is 4.45. The Balaban J connectivity index is 0.000000317. The first kappa shape index (κ1) is 13.0. The van der Waals surface area contributed by atoms with Crippen molar-refractivity contribution in [3.63, 3.8) is 0 Å². The van der Waals surface area contributed by atoms with E-state index < -0.39 is 5.97 Å². The molecule has 0 atom stereocenters. The molecule has 1 aliphatic rings. The van der Waals surface area contributed by atoms with Crippen LogP contribution in [0.15, 0.2) is 12.3 Å². The molecule has 0 saturated heterocycles. The zero-order valence-electron chi connectivity index (χ0n) is 9.69. The van der Waals surface area contributed by atoms with Crippen molar-refractivity contribution in [1.29, 1.82) is 0 Å². The monoisotopic (exact) mass is 238 g/mol. The van der Waals surface area contributed by atoms with Crippen molar-refractivity contribution >= 4 is 17.6 Å². The number of carbonyl (C=O) groups excluding carboxylic acids is 1. The van der Waals surface area contributed by atoms with E-state index >= 15 is 0 Å². The summed E-state index contributed by atoms with van der Waals surface area (Å²) in [5.74, 6) is -0.248. The van der Waals surface area contributed by atoms with Gasteiger partial charge in [0.15, 0.2) is 0 Å². The van der Waals surface area contributed by atoms with E-state index in [1.165, 1.54) is 0 Å². The molecule has 6 heteroatoms. The first-order chi connectivity index (χ1) is 8.02. The SMILES string of the molecule is CC(=O)O.COc1cc2c(cn1)CCC(=O)N2. The van der Waals surface area contributed by atoms with Gasteiger partial charge < -0.3 is 15.2 Å². The van der Waals surface area contributed by atoms with E-state index in [1.54, 1.807) is 19.4 Å². The fourth-order valence-electron chi connectivity index (χ4n) is 1.35. The lowest BCUT2D eigenvalue weighted by molar-refractivity contribution is -0.134. The molecule has 0 radical (unpaired) electrons. The number of methoxy groups -OCH3 is 1. The number of hydrogen-bond donors (Lipinski definition) is 2. The molecular weight excluding hydrogens is 224 g/mol. The molecule has 1 aliphatic heterocycles. The third kappa shape index (κ3) is 4.10. The van der Waals surface area contributed by atoms with Gasteiger partial charge in [0.05, 0.1) is 12.8 Å². The molecule has 17 heavy (non-hydrogen) atoms. The van der Waals surface area contributed by atoms with Gasteiger partial charge in [-0.05, 0) is 12.0 Å². The Hall–Kier alpha value is -2.11. The number of rotatable bonds is 1. The quantitative estimate of drug-likeness (QED) is 0.763. The summed E-state index contributed by atoms with van der Waals surface area (Å²) in [5.41, 5.74) is 1.89. The van der Waals surface area contributed by atoms with Gasteiger partial charge in [-0.15, -0.1) is 0 Å². The highest BCUT2D eigenvalue weighted by atomic mass is 16.5. The van der Waals surface area contributed by atoms with E-state index in [1.807, 2.05) is 0 Å². The second-order valence-corrected chi connectivity index (χ2v) is 3.45. The molecule has 1 amide bonds. The normalized spacial score (nSPS) is 12.7. The second-order valence-electron chi connectivity index (χ2n) is 3.45. The van der Waals surface area contributed by atoms with Crippen molar-refractivity contribution in [2.24, 2.45) is 0 Å². The average molecular weight is 238 g/mol. The predicted octanol–water partition coefficient (Wildman–Crippen LogP) is 1.07. The molecular formula is C11H14N2O4. The van der Waals surface area contributed by atoms with Crippen molar-refractivity contribution in [3.05, 3.63) is 17.8 Å². The molecule has 0 spiro atoms. The Bertz CT molecular complexity index is 427. The van der Waals surface area contributed by atoms with Gasteiger partial charge in [-0.25, -0.2) is 4.98 Å². The molecule has 2 heterocycles. The van der Waals surface area contributed by atoms with Crippen LogP contribution in [0.2, 0.25) is 0 Å². The third-order valence-electron chi connectivity index (χ3n) is 2.07. The number of carbonyl (C=O) groups is 2. The highest BCUT2D eigenvalue weighted by Gasteiger charge is 2.15. The summed E-state index contributed by atoms with van der Waals surface area (Å²) in [4.78, 5) is 24.1. The Labute approximate surface area is 98.6 Å². The van der Waals surface area contributed by atoms with E-state index in [0.717, 1.165) is 24.6 Å². The molecule has 0 aromatic carbocycles. The van der Waals surface area contributed by atoms with Crippen LogP contribution in [0.3, 0.4) is 0 Å². The summed E-state index contributed by atoms with van der Waals surface area (Å²) < 4.78 is 4.95. The van der Waals surface area contributed by atoms with Crippen LogP contribution in [0.4, 0.5) is 5.69 Å². The number of aliphatic carboxylic acids is 1. The minimum Gasteiger partial charge on any atom is -0.481 e. The number of carboxylic acids is 1. The fourth-order valence-corrected chi connectivity index (χ4v) is 1.35. The minimum atomic E-state index is -0.833. The first-order valence-electron chi connectivity index (χ1n) is 5.05. The first-order valence-corrected chi connectivity index (χ1v) is 5.05. The van der Waals surface area contributed by atoms with Crippen LogP contribution in [0, 0.1) is 0 Å². The van der Waals surface area contributed by atoms with Crippen LogP contribution in [-0.2, 0) is 16.0 Å². The molecule has 1 aromatic heterocycles. The van der Waals surface area contributed by atoms with Crippen LogP contribution >= 0.6 is 0 Å². The van der Waals surface area contributed by atoms with Crippen LogP contribution in [-0.4, -0.2) is 29.1 Å². The maximum atomic E-state index is 11.1. The smallest absolute Gasteiger partial charge is 0.300 e. The number of amides is 1. The van der Waals surface area contributed by atoms with Crippen molar-refractivity contribution in [3.8, 4) is 5.88 Å². The summed E-state index contributed by atoms with van der Waals surface area (Å²) in [6, 6.07) is 1.74. The van der Waals surface area contributed by atoms with Crippen molar-refractivity contribution in [1.82, 2.24) is 4.98 Å². The lowest BCUT2D eigenvalue weighted by atomic mass is 10.1. The lowest BCUT2D eigenvalue weighted by Gasteiger charge is -2.16. The average Bonchev–Trinajstić information content (AvgIpc) is 2.27. The number of aryl methyl sites for hydroxylation is 1. The number of nitrogens with zero attached hydrogens (tertiary/aromatic N) is 1. The largest absolute Gasteiger partial charge is 0.481 e. The van der Waals surface area contributed by atoms with Gasteiger partial charge >= 0.3 is 0 Å². The van der Waals surface area contributed by atoms with Crippen LogP contribution in [0.5, 0.6) is 5.88 Å². The van der Waals surface area contributed by atoms with Gasteiger partial charge in [0.25, 0.3) is 5.97 Å². The van der Waals surface area contributed by atoms with Crippen LogP contribution < -0.4 is 10.1 Å². The van der Waals surface area contributed by atoms with Gasteiger partial charge in [-0.1, -0.05) is 0 Å². The molecule has 0 fully saturated rings. The standard InChI is InChI=1S/C9H10N2O2.C2H4O2/c1-13-9-4-7-6(5-10-9)2-3-8(12)11-7;1-2(3)4/h4-5H,2-3H2,1H3,(H,11,12);1H3,(H,3,4). The molecule has 6 nitrogen and oxygen atoms in total. The molecule has 0 bridgehead atoms. The van der Waals surface area contributed by atoms with E-state index in [-0.39, 0.29) is 5.91 Å². The number of nitrogens with one attached hydrogen (secondary N) is 1. The molecule has 0 saturated carbocycles. The summed E-state index contributed by atoms with van der Waals surface area (Å²) in [5, 5.41) is 10.2. The summed E-state index contributed by atoms with van der Waals surface area (Å²) >= 11 is 0. The minimum absolute atomic E-state index is 0.0563. The molecule has 92 valence electrons. The Morgan fingerprint density at radius 2 is 2.18 bits per heavy atom. The van der Waals surface area contributed by atoms with Gasteiger partial charge in [0, 0.05) is 25.6 Å². The molecule has 0 aliphatic carbocycles. The second kappa shape index (κ2) is 5.83. The van der Waals surface area contributed by atoms with Gasteiger partial charge in [-0.3, -0.25) is 9.59 Å². The molecule has 2 N–H and O–H groups in total. The predicted molar refractivity (Wildman–Crippen MR) is 61.0 cm³/mol. The van der Waals surface area contributed by atoms with Crippen LogP contribution in [0.1, 0.15) is 18.9 Å². The number of hydrogen-bond acceptors (Lipinski definition) is 4. The summed E-state index contributed by atoms with van der Waals surface area (Å²) in [6.07, 6.45) is 3.05. The highest BCUT2D eigenvalue weighted by molar-refractivity contribution is 5.93.